The molecule has 0 heterocycles. The Morgan fingerprint density at radius 1 is 0.905 bits per heavy atom. The molecule has 0 aromatic carbocycles. The first-order valence-electron chi connectivity index (χ1n) is 8.89. The fourth-order valence-corrected chi connectivity index (χ4v) is 10.9. The van der Waals surface area contributed by atoms with E-state index in [-0.39, 0.29) is 11.7 Å². The zero-order valence-corrected chi connectivity index (χ0v) is 15.7. The van der Waals surface area contributed by atoms with E-state index in [1.165, 1.54) is 64.2 Å². The molecule has 5 heteroatoms. The van der Waals surface area contributed by atoms with Crippen LogP contribution in [0.3, 0.4) is 0 Å². The molecule has 122 valence electrons. The van der Waals surface area contributed by atoms with Gasteiger partial charge in [-0.1, -0.05) is 87.6 Å². The van der Waals surface area contributed by atoms with E-state index < -0.39 is 24.6 Å². The lowest BCUT2D eigenvalue weighted by molar-refractivity contribution is 0.399. The van der Waals surface area contributed by atoms with Crippen molar-refractivity contribution in [2.45, 2.75) is 87.6 Å². The highest BCUT2D eigenvalue weighted by atomic mass is 32.2. The Morgan fingerprint density at radius 2 is 1.33 bits per heavy atom. The van der Waals surface area contributed by atoms with Crippen molar-refractivity contribution in [1.82, 2.24) is 0 Å². The van der Waals surface area contributed by atoms with Crippen molar-refractivity contribution in [3.05, 3.63) is 0 Å². The van der Waals surface area contributed by atoms with Gasteiger partial charge in [-0.05, 0) is 5.92 Å². The fourth-order valence-electron chi connectivity index (χ4n) is 4.08. The van der Waals surface area contributed by atoms with E-state index in [1.54, 1.807) is 0 Å². The Morgan fingerprint density at radius 3 is 1.71 bits per heavy atom. The molecule has 2 aliphatic rings. The standard InChI is InChI=1S/2C6H11.C4H10O3S.Al/c2*1-2-4-6-5-3-1;1-4(2)3-8(5,6)7;/h2*1H,2-6H2;4H,3H2,1-2H3,(H,5,6,7);/q;;;+1/p-1. The van der Waals surface area contributed by atoms with Crippen molar-refractivity contribution in [3.63, 3.8) is 0 Å². The third-order valence-electron chi connectivity index (χ3n) is 5.02. The predicted octanol–water partition coefficient (Wildman–Crippen LogP) is 4.65. The minimum atomic E-state index is -3.32. The predicted molar refractivity (Wildman–Crippen MR) is 89.1 cm³/mol. The molecule has 2 rings (SSSR count). The lowest BCUT2D eigenvalue weighted by Gasteiger charge is -2.33. The van der Waals surface area contributed by atoms with E-state index in [9.17, 15) is 8.42 Å². The summed E-state index contributed by atoms with van der Waals surface area (Å²) in [6, 6.07) is 0. The average molecular weight is 330 g/mol. The molecule has 0 radical (unpaired) electrons. The molecule has 0 saturated heterocycles. The van der Waals surface area contributed by atoms with E-state index in [4.69, 9.17) is 3.23 Å². The SMILES string of the molecule is CC(C)CS(=O)(=O)[O][Al]([CH]1CCCCC1)[CH]1CCCCC1. The zero-order valence-electron chi connectivity index (χ0n) is 13.7. The Bertz CT molecular complexity index is 378. The molecule has 0 aliphatic heterocycles. The summed E-state index contributed by atoms with van der Waals surface area (Å²) in [5, 5.41) is 0. The third kappa shape index (κ3) is 5.86. The molecule has 2 saturated carbocycles. The van der Waals surface area contributed by atoms with Crippen LogP contribution in [0.15, 0.2) is 0 Å². The molecule has 2 aliphatic carbocycles. The summed E-state index contributed by atoms with van der Waals surface area (Å²) in [4.78, 5) is 0. The Hall–Kier alpha value is 0.442. The van der Waals surface area contributed by atoms with Gasteiger partial charge in [-0.3, -0.25) is 0 Å². The molecule has 0 N–H and O–H groups in total. The van der Waals surface area contributed by atoms with E-state index in [0.717, 1.165) is 0 Å². The van der Waals surface area contributed by atoms with Crippen LogP contribution in [0.1, 0.15) is 78.1 Å². The van der Waals surface area contributed by atoms with Gasteiger partial charge in [-0.25, -0.2) is 8.42 Å². The first-order chi connectivity index (χ1) is 9.98. The third-order valence-corrected chi connectivity index (χ3v) is 11.4. The van der Waals surface area contributed by atoms with Crippen LogP contribution in [0, 0.1) is 5.92 Å². The highest BCUT2D eigenvalue weighted by Crippen LogP contribution is 2.42. The summed E-state index contributed by atoms with van der Waals surface area (Å²) in [6.07, 6.45) is 12.6. The Labute approximate surface area is 135 Å². The molecular weight excluding hydrogens is 299 g/mol. The maximum atomic E-state index is 12.3. The maximum absolute atomic E-state index is 12.3. The quantitative estimate of drug-likeness (QED) is 0.666. The van der Waals surface area contributed by atoms with Gasteiger partial charge in [0.1, 0.15) is 0 Å². The van der Waals surface area contributed by atoms with Gasteiger partial charge in [-0.2, -0.15) is 0 Å². The van der Waals surface area contributed by atoms with Crippen LogP contribution < -0.4 is 0 Å². The monoisotopic (exact) mass is 330 g/mol. The van der Waals surface area contributed by atoms with Crippen LogP contribution in [0.5, 0.6) is 0 Å². The molecule has 21 heavy (non-hydrogen) atoms. The largest absolute Gasteiger partial charge is 0.490 e. The number of hydrogen-bond donors (Lipinski definition) is 0. The molecule has 2 fully saturated rings. The summed E-state index contributed by atoms with van der Waals surface area (Å²) in [5.74, 6) is 0.345. The lowest BCUT2D eigenvalue weighted by atomic mass is 9.99. The Balaban J connectivity index is 2.06. The van der Waals surface area contributed by atoms with Gasteiger partial charge < -0.3 is 3.23 Å². The van der Waals surface area contributed by atoms with Gasteiger partial charge in [0.05, 0.1) is 5.75 Å². The first kappa shape index (κ1) is 17.8. The van der Waals surface area contributed by atoms with E-state index in [1.807, 2.05) is 13.8 Å². The van der Waals surface area contributed by atoms with Gasteiger partial charge in [-0.15, -0.1) is 0 Å². The highest BCUT2D eigenvalue weighted by molar-refractivity contribution is 7.87. The molecule has 0 aromatic heterocycles. The average Bonchev–Trinajstić information content (AvgIpc) is 2.45. The molecular formula is C16H31AlO3S. The van der Waals surface area contributed by atoms with Crippen molar-refractivity contribution >= 4 is 24.6 Å². The summed E-state index contributed by atoms with van der Waals surface area (Å²) in [6.45, 7) is 3.91. The number of rotatable bonds is 6. The molecule has 0 aromatic rings. The van der Waals surface area contributed by atoms with Crippen molar-refractivity contribution in [2.75, 3.05) is 5.75 Å². The molecule has 3 nitrogen and oxygen atoms in total. The van der Waals surface area contributed by atoms with Crippen LogP contribution in [0.4, 0.5) is 0 Å². The molecule has 0 spiro atoms. The maximum Gasteiger partial charge on any atom is 0.490 e. The Kier molecular flexibility index (Phi) is 7.06. The van der Waals surface area contributed by atoms with Crippen LogP contribution in [0.2, 0.25) is 9.56 Å². The van der Waals surface area contributed by atoms with Crippen molar-refractivity contribution < 1.29 is 11.7 Å². The normalized spacial score (nSPS) is 22.6. The van der Waals surface area contributed by atoms with Gasteiger partial charge in [0.25, 0.3) is 0 Å². The summed E-state index contributed by atoms with van der Waals surface area (Å²) in [5.41, 5.74) is 0. The van der Waals surface area contributed by atoms with Gasteiger partial charge >= 0.3 is 14.5 Å². The first-order valence-corrected chi connectivity index (χ1v) is 12.3. The second-order valence-electron chi connectivity index (χ2n) is 7.48. The lowest BCUT2D eigenvalue weighted by Crippen LogP contribution is -2.36. The minimum Gasteiger partial charge on any atom is -0.397 e. The second kappa shape index (κ2) is 8.34. The van der Waals surface area contributed by atoms with Crippen LogP contribution in [-0.4, -0.2) is 28.7 Å². The zero-order chi connectivity index (χ0) is 15.3. The fraction of sp³-hybridized carbons (Fsp3) is 1.00. The minimum absolute atomic E-state index is 0.155. The van der Waals surface area contributed by atoms with Crippen molar-refractivity contribution in [2.24, 2.45) is 5.92 Å². The summed E-state index contributed by atoms with van der Waals surface area (Å²) in [7, 11) is -3.32. The molecule has 0 unspecified atom stereocenters. The topological polar surface area (TPSA) is 43.4 Å². The number of hydrogen-bond acceptors (Lipinski definition) is 3. The van der Waals surface area contributed by atoms with Gasteiger partial charge in [0.15, 0.2) is 0 Å². The van der Waals surface area contributed by atoms with Crippen LogP contribution in [0.25, 0.3) is 0 Å². The van der Waals surface area contributed by atoms with E-state index in [0.29, 0.717) is 9.56 Å². The molecule has 0 atom stereocenters. The van der Waals surface area contributed by atoms with Crippen molar-refractivity contribution in [3.8, 4) is 0 Å². The van der Waals surface area contributed by atoms with Crippen molar-refractivity contribution in [1.29, 1.82) is 0 Å². The van der Waals surface area contributed by atoms with Gasteiger partial charge in [0.2, 0.25) is 10.1 Å². The van der Waals surface area contributed by atoms with E-state index in [2.05, 4.69) is 0 Å². The second-order valence-corrected chi connectivity index (χ2v) is 12.5. The highest BCUT2D eigenvalue weighted by Gasteiger charge is 2.43. The smallest absolute Gasteiger partial charge is 0.397 e. The molecule has 0 amide bonds. The van der Waals surface area contributed by atoms with E-state index >= 15 is 0 Å². The molecule has 0 bridgehead atoms. The van der Waals surface area contributed by atoms with Crippen LogP contribution >= 0.6 is 0 Å². The summed E-state index contributed by atoms with van der Waals surface area (Å²) >= 11 is -1.67. The van der Waals surface area contributed by atoms with Crippen LogP contribution in [-0.2, 0) is 13.4 Å². The van der Waals surface area contributed by atoms with Gasteiger partial charge in [0, 0.05) is 0 Å². The summed E-state index contributed by atoms with van der Waals surface area (Å²) < 4.78 is 31.8.